The summed E-state index contributed by atoms with van der Waals surface area (Å²) in [7, 11) is 0. The fraction of sp³-hybridized carbons (Fsp3) is 0.176. The molecule has 6 heteroatoms. The molecule has 118 valence electrons. The van der Waals surface area contributed by atoms with Gasteiger partial charge < -0.3 is 11.1 Å². The number of amides is 1. The van der Waals surface area contributed by atoms with Crippen LogP contribution in [0.2, 0.25) is 0 Å². The van der Waals surface area contributed by atoms with Crippen LogP contribution in [0.5, 0.6) is 0 Å². The van der Waals surface area contributed by atoms with E-state index in [4.69, 9.17) is 5.73 Å². The number of H-pyrrole nitrogens is 1. The van der Waals surface area contributed by atoms with E-state index in [2.05, 4.69) is 15.5 Å². The maximum absolute atomic E-state index is 13.1. The third-order valence-corrected chi connectivity index (χ3v) is 3.61. The van der Waals surface area contributed by atoms with E-state index in [0.29, 0.717) is 24.3 Å². The van der Waals surface area contributed by atoms with Crippen LogP contribution in [0.4, 0.5) is 4.39 Å². The molecule has 0 spiro atoms. The minimum absolute atomic E-state index is 0.147. The van der Waals surface area contributed by atoms with Crippen molar-refractivity contribution in [2.24, 2.45) is 5.73 Å². The van der Waals surface area contributed by atoms with E-state index in [-0.39, 0.29) is 11.7 Å². The highest BCUT2D eigenvalue weighted by atomic mass is 19.1. The minimum Gasteiger partial charge on any atom is -0.352 e. The molecule has 0 saturated heterocycles. The number of carbonyl (C=O) groups excluding carboxylic acids is 1. The number of nitrogens with one attached hydrogen (secondary N) is 2. The summed E-state index contributed by atoms with van der Waals surface area (Å²) in [4.78, 5) is 12.1. The first-order valence-corrected chi connectivity index (χ1v) is 7.41. The van der Waals surface area contributed by atoms with Gasteiger partial charge in [0.15, 0.2) is 0 Å². The quantitative estimate of drug-likeness (QED) is 0.633. The maximum atomic E-state index is 13.1. The first kappa shape index (κ1) is 15.2. The van der Waals surface area contributed by atoms with Crippen molar-refractivity contribution in [3.8, 4) is 11.3 Å². The summed E-state index contributed by atoms with van der Waals surface area (Å²) in [5.74, 6) is -0.444. The average molecular weight is 312 g/mol. The summed E-state index contributed by atoms with van der Waals surface area (Å²) in [5.41, 5.74) is 8.28. The third-order valence-electron chi connectivity index (χ3n) is 3.61. The molecule has 0 atom stereocenters. The number of hydrogen-bond acceptors (Lipinski definition) is 3. The van der Waals surface area contributed by atoms with E-state index in [9.17, 15) is 9.18 Å². The number of aromatic nitrogens is 2. The average Bonchev–Trinajstić information content (AvgIpc) is 2.99. The van der Waals surface area contributed by atoms with Crippen LogP contribution >= 0.6 is 0 Å². The van der Waals surface area contributed by atoms with E-state index in [1.165, 1.54) is 12.1 Å². The Morgan fingerprint density at radius 2 is 2.00 bits per heavy atom. The largest absolute Gasteiger partial charge is 0.352 e. The standard InChI is InChI=1S/C17H17FN4O/c18-13-5-2-11(3-6-13)16-14-10-12(4-7-15(14)21-22-16)17(23)20-9-1-8-19/h2-7,10H,1,8-9,19H2,(H,20,23)(H,21,22). The number of fused-ring (bicyclic) bond motifs is 1. The molecule has 1 aromatic heterocycles. The molecule has 2 aromatic carbocycles. The number of aromatic amines is 1. The molecule has 4 N–H and O–H groups in total. The van der Waals surface area contributed by atoms with Crippen LogP contribution < -0.4 is 11.1 Å². The fourth-order valence-corrected chi connectivity index (χ4v) is 2.39. The Hall–Kier alpha value is -2.73. The Balaban J connectivity index is 1.93. The van der Waals surface area contributed by atoms with Gasteiger partial charge in [-0.05, 0) is 55.4 Å². The van der Waals surface area contributed by atoms with Crippen LogP contribution in [0.15, 0.2) is 42.5 Å². The van der Waals surface area contributed by atoms with Crippen LogP contribution in [-0.2, 0) is 0 Å². The smallest absolute Gasteiger partial charge is 0.251 e. The van der Waals surface area contributed by atoms with Crippen LogP contribution in [0.25, 0.3) is 22.2 Å². The third kappa shape index (κ3) is 3.22. The van der Waals surface area contributed by atoms with Gasteiger partial charge in [0.1, 0.15) is 5.82 Å². The lowest BCUT2D eigenvalue weighted by Crippen LogP contribution is -2.25. The number of rotatable bonds is 5. The van der Waals surface area contributed by atoms with Gasteiger partial charge in [-0.25, -0.2) is 4.39 Å². The van der Waals surface area contributed by atoms with Crippen molar-refractivity contribution in [2.45, 2.75) is 6.42 Å². The zero-order chi connectivity index (χ0) is 16.2. The van der Waals surface area contributed by atoms with Gasteiger partial charge in [-0.2, -0.15) is 5.10 Å². The zero-order valence-corrected chi connectivity index (χ0v) is 12.5. The molecule has 0 saturated carbocycles. The van der Waals surface area contributed by atoms with Crippen molar-refractivity contribution < 1.29 is 9.18 Å². The molecule has 3 rings (SSSR count). The lowest BCUT2D eigenvalue weighted by atomic mass is 10.1. The summed E-state index contributed by atoms with van der Waals surface area (Å²) < 4.78 is 13.1. The highest BCUT2D eigenvalue weighted by molar-refractivity contribution is 6.01. The molecule has 1 amide bonds. The molecule has 3 aromatic rings. The molecule has 23 heavy (non-hydrogen) atoms. The van der Waals surface area contributed by atoms with Crippen molar-refractivity contribution in [1.29, 1.82) is 0 Å². The van der Waals surface area contributed by atoms with Gasteiger partial charge in [0.05, 0.1) is 11.2 Å². The Kier molecular flexibility index (Phi) is 4.34. The highest BCUT2D eigenvalue weighted by Gasteiger charge is 2.12. The molecule has 0 aliphatic carbocycles. The summed E-state index contributed by atoms with van der Waals surface area (Å²) in [5, 5.41) is 10.8. The van der Waals surface area contributed by atoms with E-state index in [0.717, 1.165) is 22.9 Å². The van der Waals surface area contributed by atoms with Crippen molar-refractivity contribution >= 4 is 16.8 Å². The Morgan fingerprint density at radius 1 is 1.22 bits per heavy atom. The lowest BCUT2D eigenvalue weighted by Gasteiger charge is -2.05. The van der Waals surface area contributed by atoms with Gasteiger partial charge in [-0.3, -0.25) is 9.89 Å². The zero-order valence-electron chi connectivity index (χ0n) is 12.5. The predicted molar refractivity (Wildman–Crippen MR) is 87.5 cm³/mol. The number of benzene rings is 2. The second-order valence-corrected chi connectivity index (χ2v) is 5.24. The van der Waals surface area contributed by atoms with E-state index in [1.54, 1.807) is 24.3 Å². The molecular weight excluding hydrogens is 295 g/mol. The first-order valence-electron chi connectivity index (χ1n) is 7.41. The molecule has 0 unspecified atom stereocenters. The fourth-order valence-electron chi connectivity index (χ4n) is 2.39. The van der Waals surface area contributed by atoms with Gasteiger partial charge in [0.25, 0.3) is 5.91 Å². The van der Waals surface area contributed by atoms with Crippen molar-refractivity contribution in [1.82, 2.24) is 15.5 Å². The lowest BCUT2D eigenvalue weighted by molar-refractivity contribution is 0.0953. The minimum atomic E-state index is -0.298. The van der Waals surface area contributed by atoms with Crippen LogP contribution in [0.3, 0.4) is 0 Å². The summed E-state index contributed by atoms with van der Waals surface area (Å²) in [6.45, 7) is 1.08. The molecule has 0 fully saturated rings. The van der Waals surface area contributed by atoms with Crippen LogP contribution in [0.1, 0.15) is 16.8 Å². The normalized spacial score (nSPS) is 10.9. The number of nitrogens with two attached hydrogens (primary N) is 1. The molecule has 0 bridgehead atoms. The van der Waals surface area contributed by atoms with Gasteiger partial charge in [0, 0.05) is 23.1 Å². The van der Waals surface area contributed by atoms with Gasteiger partial charge in [-0.1, -0.05) is 0 Å². The van der Waals surface area contributed by atoms with Crippen LogP contribution in [-0.4, -0.2) is 29.2 Å². The van der Waals surface area contributed by atoms with Crippen LogP contribution in [0, 0.1) is 5.82 Å². The SMILES string of the molecule is NCCCNC(=O)c1ccc2[nH]nc(-c3ccc(F)cc3)c2c1. The number of carbonyl (C=O) groups is 1. The maximum Gasteiger partial charge on any atom is 0.251 e. The highest BCUT2D eigenvalue weighted by Crippen LogP contribution is 2.27. The number of halogens is 1. The van der Waals surface area contributed by atoms with Gasteiger partial charge in [-0.15, -0.1) is 0 Å². The number of nitrogens with zero attached hydrogens (tertiary/aromatic N) is 1. The van der Waals surface area contributed by atoms with Crippen molar-refractivity contribution in [3.05, 3.63) is 53.8 Å². The Morgan fingerprint density at radius 3 is 2.74 bits per heavy atom. The molecule has 5 nitrogen and oxygen atoms in total. The van der Waals surface area contributed by atoms with E-state index < -0.39 is 0 Å². The second kappa shape index (κ2) is 6.58. The monoisotopic (exact) mass is 312 g/mol. The first-order chi connectivity index (χ1) is 11.2. The van der Waals surface area contributed by atoms with E-state index >= 15 is 0 Å². The topological polar surface area (TPSA) is 83.8 Å². The summed E-state index contributed by atoms with van der Waals surface area (Å²) in [6.07, 6.45) is 0.737. The molecule has 1 heterocycles. The molecule has 0 aliphatic heterocycles. The Labute approximate surface area is 132 Å². The number of hydrogen-bond donors (Lipinski definition) is 3. The molecule has 0 radical (unpaired) electrons. The molecule has 0 aliphatic rings. The van der Waals surface area contributed by atoms with Crippen molar-refractivity contribution in [3.63, 3.8) is 0 Å². The van der Waals surface area contributed by atoms with Crippen molar-refractivity contribution in [2.75, 3.05) is 13.1 Å². The molecular formula is C17H17FN4O. The second-order valence-electron chi connectivity index (χ2n) is 5.24. The predicted octanol–water partition coefficient (Wildman–Crippen LogP) is 2.45. The van der Waals surface area contributed by atoms with Gasteiger partial charge >= 0.3 is 0 Å². The van der Waals surface area contributed by atoms with Gasteiger partial charge in [0.2, 0.25) is 0 Å². The van der Waals surface area contributed by atoms with E-state index in [1.807, 2.05) is 6.07 Å². The summed E-state index contributed by atoms with van der Waals surface area (Å²) >= 11 is 0. The summed E-state index contributed by atoms with van der Waals surface area (Å²) in [6, 6.07) is 11.4. The Bertz CT molecular complexity index is 826.